The minimum atomic E-state index is -0.476. The normalized spacial score (nSPS) is 11.9. The fourth-order valence-corrected chi connectivity index (χ4v) is 3.22. The number of nitrogens with zero attached hydrogens (tertiary/aromatic N) is 1. The van der Waals surface area contributed by atoms with Crippen molar-refractivity contribution in [2.75, 3.05) is 6.54 Å². The van der Waals surface area contributed by atoms with Crippen LogP contribution >= 0.6 is 0 Å². The van der Waals surface area contributed by atoms with E-state index in [-0.39, 0.29) is 11.8 Å². The van der Waals surface area contributed by atoms with Gasteiger partial charge in [-0.2, -0.15) is 0 Å². The number of nitrogens with one attached hydrogen (secondary N) is 1. The Hall–Kier alpha value is -2.62. The summed E-state index contributed by atoms with van der Waals surface area (Å²) < 4.78 is 0. The van der Waals surface area contributed by atoms with Crippen LogP contribution in [0.3, 0.4) is 0 Å². The largest absolute Gasteiger partial charge is 0.354 e. The Morgan fingerprint density at radius 1 is 1.00 bits per heavy atom. The molecule has 2 aromatic carbocycles. The maximum atomic E-state index is 13.2. The molecular formula is C24H32N2O2. The van der Waals surface area contributed by atoms with Crippen LogP contribution in [0, 0.1) is 12.8 Å². The smallest absolute Gasteiger partial charge is 0.242 e. The Kier molecular flexibility index (Phi) is 8.24. The summed E-state index contributed by atoms with van der Waals surface area (Å²) in [5, 5.41) is 3.00. The van der Waals surface area contributed by atoms with Gasteiger partial charge >= 0.3 is 0 Å². The first-order chi connectivity index (χ1) is 13.4. The summed E-state index contributed by atoms with van der Waals surface area (Å²) in [6.07, 6.45) is 0.872. The molecule has 0 fully saturated rings. The van der Waals surface area contributed by atoms with Crippen molar-refractivity contribution in [1.82, 2.24) is 10.2 Å². The van der Waals surface area contributed by atoms with Crippen LogP contribution in [0.25, 0.3) is 0 Å². The quantitative estimate of drug-likeness (QED) is 0.711. The van der Waals surface area contributed by atoms with E-state index in [1.54, 1.807) is 4.90 Å². The maximum Gasteiger partial charge on any atom is 0.242 e. The second-order valence-corrected chi connectivity index (χ2v) is 7.74. The lowest BCUT2D eigenvalue weighted by atomic mass is 10.1. The first-order valence-corrected chi connectivity index (χ1v) is 10.1. The average Bonchev–Trinajstić information content (AvgIpc) is 2.67. The number of rotatable bonds is 9. The third kappa shape index (κ3) is 6.52. The summed E-state index contributed by atoms with van der Waals surface area (Å²) in [6, 6.07) is 17.3. The van der Waals surface area contributed by atoms with Crippen molar-refractivity contribution < 1.29 is 9.59 Å². The highest BCUT2D eigenvalue weighted by Gasteiger charge is 2.28. The van der Waals surface area contributed by atoms with Gasteiger partial charge in [0, 0.05) is 13.1 Å². The number of amides is 2. The molecule has 0 saturated carbocycles. The zero-order chi connectivity index (χ0) is 20.5. The van der Waals surface area contributed by atoms with Gasteiger partial charge in [-0.05, 0) is 30.4 Å². The molecule has 2 aromatic rings. The summed E-state index contributed by atoms with van der Waals surface area (Å²) in [5.74, 6) is 0.260. The van der Waals surface area contributed by atoms with E-state index in [0.717, 1.165) is 16.7 Å². The summed E-state index contributed by atoms with van der Waals surface area (Å²) in [5.41, 5.74) is 3.14. The SMILES string of the molecule is CCC(C(=O)NCC(C)C)N(Cc1cccc(C)c1)C(=O)Cc1ccccc1. The summed E-state index contributed by atoms with van der Waals surface area (Å²) >= 11 is 0. The molecule has 4 heteroatoms. The fourth-order valence-electron chi connectivity index (χ4n) is 3.22. The number of benzene rings is 2. The van der Waals surface area contributed by atoms with Gasteiger partial charge in [0.05, 0.1) is 6.42 Å². The molecule has 0 aliphatic heterocycles. The van der Waals surface area contributed by atoms with Crippen LogP contribution in [0.2, 0.25) is 0 Å². The van der Waals surface area contributed by atoms with Gasteiger partial charge in [0.2, 0.25) is 11.8 Å². The van der Waals surface area contributed by atoms with Gasteiger partial charge in [-0.3, -0.25) is 9.59 Å². The summed E-state index contributed by atoms with van der Waals surface area (Å²) in [7, 11) is 0. The first kappa shape index (κ1) is 21.7. The molecule has 150 valence electrons. The average molecular weight is 381 g/mol. The standard InChI is InChI=1S/C24H32N2O2/c1-5-22(24(28)25-16-18(2)3)26(17-21-13-9-10-19(4)14-21)23(27)15-20-11-7-6-8-12-20/h6-14,18,22H,5,15-17H2,1-4H3,(H,25,28). The van der Waals surface area contributed by atoms with E-state index in [0.29, 0.717) is 31.8 Å². The lowest BCUT2D eigenvalue weighted by Crippen LogP contribution is -2.50. The van der Waals surface area contributed by atoms with Crippen LogP contribution in [0.15, 0.2) is 54.6 Å². The molecule has 1 N–H and O–H groups in total. The molecule has 0 heterocycles. The van der Waals surface area contributed by atoms with Crippen LogP contribution in [0.1, 0.15) is 43.9 Å². The van der Waals surface area contributed by atoms with Gasteiger partial charge < -0.3 is 10.2 Å². The minimum Gasteiger partial charge on any atom is -0.354 e. The van der Waals surface area contributed by atoms with Crippen molar-refractivity contribution in [2.24, 2.45) is 5.92 Å². The molecule has 28 heavy (non-hydrogen) atoms. The van der Waals surface area contributed by atoms with Gasteiger partial charge in [-0.25, -0.2) is 0 Å². The van der Waals surface area contributed by atoms with Crippen LogP contribution in [0.4, 0.5) is 0 Å². The van der Waals surface area contributed by atoms with Crippen LogP contribution in [-0.2, 0) is 22.6 Å². The van der Waals surface area contributed by atoms with E-state index < -0.39 is 6.04 Å². The van der Waals surface area contributed by atoms with Gasteiger partial charge in [0.1, 0.15) is 6.04 Å². The van der Waals surface area contributed by atoms with Crippen molar-refractivity contribution in [3.63, 3.8) is 0 Å². The lowest BCUT2D eigenvalue weighted by molar-refractivity contribution is -0.141. The third-order valence-electron chi connectivity index (χ3n) is 4.70. The Morgan fingerprint density at radius 3 is 2.29 bits per heavy atom. The fraction of sp³-hybridized carbons (Fsp3) is 0.417. The summed E-state index contributed by atoms with van der Waals surface area (Å²) in [6.45, 7) is 9.16. The molecule has 1 unspecified atom stereocenters. The van der Waals surface area contributed by atoms with E-state index in [1.807, 2.05) is 62.4 Å². The number of hydrogen-bond acceptors (Lipinski definition) is 2. The van der Waals surface area contributed by atoms with Crippen molar-refractivity contribution >= 4 is 11.8 Å². The number of aryl methyl sites for hydroxylation is 1. The molecule has 4 nitrogen and oxygen atoms in total. The Morgan fingerprint density at radius 2 is 1.68 bits per heavy atom. The van der Waals surface area contributed by atoms with Crippen LogP contribution in [-0.4, -0.2) is 29.3 Å². The number of carbonyl (C=O) groups is 2. The molecule has 2 amide bonds. The molecule has 0 radical (unpaired) electrons. The highest BCUT2D eigenvalue weighted by molar-refractivity contribution is 5.88. The molecule has 0 aliphatic carbocycles. The predicted molar refractivity (Wildman–Crippen MR) is 114 cm³/mol. The zero-order valence-corrected chi connectivity index (χ0v) is 17.4. The van der Waals surface area contributed by atoms with Crippen molar-refractivity contribution in [1.29, 1.82) is 0 Å². The topological polar surface area (TPSA) is 49.4 Å². The minimum absolute atomic E-state index is 0.0285. The van der Waals surface area contributed by atoms with Crippen molar-refractivity contribution in [2.45, 2.75) is 53.1 Å². The molecule has 0 aliphatic rings. The van der Waals surface area contributed by atoms with Gasteiger partial charge in [0.15, 0.2) is 0 Å². The molecule has 0 aromatic heterocycles. The van der Waals surface area contributed by atoms with E-state index in [1.165, 1.54) is 0 Å². The first-order valence-electron chi connectivity index (χ1n) is 10.1. The van der Waals surface area contributed by atoms with Gasteiger partial charge in [0.25, 0.3) is 0 Å². The molecule has 0 saturated heterocycles. The second-order valence-electron chi connectivity index (χ2n) is 7.74. The monoisotopic (exact) mass is 380 g/mol. The maximum absolute atomic E-state index is 13.2. The second kappa shape index (κ2) is 10.6. The van der Waals surface area contributed by atoms with E-state index in [9.17, 15) is 9.59 Å². The molecule has 0 bridgehead atoms. The van der Waals surface area contributed by atoms with Crippen molar-refractivity contribution in [3.8, 4) is 0 Å². The molecule has 2 rings (SSSR count). The van der Waals surface area contributed by atoms with Crippen molar-refractivity contribution in [3.05, 3.63) is 71.3 Å². The van der Waals surface area contributed by atoms with Crippen LogP contribution < -0.4 is 5.32 Å². The van der Waals surface area contributed by atoms with E-state index in [2.05, 4.69) is 25.2 Å². The van der Waals surface area contributed by atoms with Gasteiger partial charge in [-0.1, -0.05) is 80.9 Å². The Labute approximate surface area is 169 Å². The van der Waals surface area contributed by atoms with Gasteiger partial charge in [-0.15, -0.1) is 0 Å². The molecule has 0 spiro atoms. The van der Waals surface area contributed by atoms with E-state index in [4.69, 9.17) is 0 Å². The number of hydrogen-bond donors (Lipinski definition) is 1. The highest BCUT2D eigenvalue weighted by Crippen LogP contribution is 2.15. The highest BCUT2D eigenvalue weighted by atomic mass is 16.2. The molecular weight excluding hydrogens is 348 g/mol. The Bertz CT molecular complexity index is 771. The number of carbonyl (C=O) groups excluding carboxylic acids is 2. The zero-order valence-electron chi connectivity index (χ0n) is 17.4. The Balaban J connectivity index is 2.25. The van der Waals surface area contributed by atoms with E-state index >= 15 is 0 Å². The van der Waals surface area contributed by atoms with Crippen LogP contribution in [0.5, 0.6) is 0 Å². The third-order valence-corrected chi connectivity index (χ3v) is 4.70. The predicted octanol–water partition coefficient (Wildman–Crippen LogP) is 4.12. The lowest BCUT2D eigenvalue weighted by Gasteiger charge is -2.31. The molecule has 1 atom stereocenters. The summed E-state index contributed by atoms with van der Waals surface area (Å²) in [4.78, 5) is 27.8.